The van der Waals surface area contributed by atoms with Crippen LogP contribution in [-0.2, 0) is 4.79 Å². The lowest BCUT2D eigenvalue weighted by molar-refractivity contribution is -0.117. The molecule has 6 heteroatoms. The largest absolute Gasteiger partial charge is 0.495 e. The molecule has 0 radical (unpaired) electrons. The number of unbranched alkanes of at least 4 members (excludes halogenated alkanes) is 1. The summed E-state index contributed by atoms with van der Waals surface area (Å²) < 4.78 is 5.50. The predicted molar refractivity (Wildman–Crippen MR) is 123 cm³/mol. The number of ether oxygens (including phenoxy) is 1. The minimum absolute atomic E-state index is 0.0499. The Hall–Kier alpha value is -2.31. The van der Waals surface area contributed by atoms with Crippen molar-refractivity contribution in [2.75, 3.05) is 65.4 Å². The van der Waals surface area contributed by atoms with Gasteiger partial charge in [-0.05, 0) is 52.0 Å². The van der Waals surface area contributed by atoms with E-state index >= 15 is 0 Å². The van der Waals surface area contributed by atoms with E-state index in [2.05, 4.69) is 52.3 Å². The van der Waals surface area contributed by atoms with Crippen molar-refractivity contribution in [1.82, 2.24) is 15.1 Å². The van der Waals surface area contributed by atoms with Gasteiger partial charge in [0.05, 0.1) is 12.8 Å². The highest BCUT2D eigenvalue weighted by atomic mass is 16.5. The molecule has 1 N–H and O–H groups in total. The van der Waals surface area contributed by atoms with Crippen LogP contribution in [0, 0.1) is 0 Å². The number of amides is 1. The first kappa shape index (κ1) is 22.4. The first-order valence-corrected chi connectivity index (χ1v) is 11.0. The molecule has 1 aromatic carbocycles. The highest BCUT2D eigenvalue weighted by Crippen LogP contribution is 2.28. The Morgan fingerprint density at radius 1 is 1.17 bits per heavy atom. The molecule has 1 aromatic rings. The van der Waals surface area contributed by atoms with Gasteiger partial charge in [0.15, 0.2) is 0 Å². The van der Waals surface area contributed by atoms with Crippen LogP contribution in [0.3, 0.4) is 0 Å². The van der Waals surface area contributed by atoms with Crippen molar-refractivity contribution in [3.8, 4) is 5.75 Å². The molecule has 2 aliphatic rings. The molecule has 1 heterocycles. The Labute approximate surface area is 181 Å². The molecule has 1 unspecified atom stereocenters. The number of nitrogens with zero attached hydrogens (tertiary/aromatic N) is 3. The molecule has 1 fully saturated rings. The predicted octanol–water partition coefficient (Wildman–Crippen LogP) is 2.53. The highest BCUT2D eigenvalue weighted by molar-refractivity contribution is 5.96. The fourth-order valence-electron chi connectivity index (χ4n) is 4.03. The monoisotopic (exact) mass is 412 g/mol. The van der Waals surface area contributed by atoms with Crippen molar-refractivity contribution in [2.24, 2.45) is 0 Å². The quantitative estimate of drug-likeness (QED) is 0.632. The number of rotatable bonds is 9. The first-order chi connectivity index (χ1) is 14.6. The maximum Gasteiger partial charge on any atom is 0.250 e. The molecule has 0 bridgehead atoms. The van der Waals surface area contributed by atoms with Gasteiger partial charge in [-0.2, -0.15) is 0 Å². The maximum atomic E-state index is 12.3. The number of methoxy groups -OCH3 is 1. The van der Waals surface area contributed by atoms with Crippen LogP contribution in [0.5, 0.6) is 5.75 Å². The van der Waals surface area contributed by atoms with Gasteiger partial charge in [0, 0.05) is 44.3 Å². The number of likely N-dealkylation sites (N-methyl/N-ethyl adjacent to an activating group) is 1. The molecular formula is C24H36N4O2. The van der Waals surface area contributed by atoms with Gasteiger partial charge in [-0.1, -0.05) is 30.4 Å². The van der Waals surface area contributed by atoms with Gasteiger partial charge in [-0.3, -0.25) is 9.69 Å². The van der Waals surface area contributed by atoms with E-state index < -0.39 is 0 Å². The zero-order valence-electron chi connectivity index (χ0n) is 18.6. The van der Waals surface area contributed by atoms with Gasteiger partial charge in [0.2, 0.25) is 0 Å². The Bertz CT molecular complexity index is 751. The normalized spacial score (nSPS) is 19.7. The minimum atomic E-state index is 0.0499. The number of carbonyl (C=O) groups excluding carboxylic acids is 1. The van der Waals surface area contributed by atoms with Crippen molar-refractivity contribution in [3.63, 3.8) is 0 Å². The summed E-state index contributed by atoms with van der Waals surface area (Å²) in [7, 11) is 5.86. The Kier molecular flexibility index (Phi) is 8.34. The molecule has 1 aliphatic carbocycles. The maximum absolute atomic E-state index is 12.3. The van der Waals surface area contributed by atoms with Gasteiger partial charge in [0.25, 0.3) is 5.91 Å². The zero-order valence-corrected chi connectivity index (χ0v) is 18.6. The van der Waals surface area contributed by atoms with E-state index in [1.165, 1.54) is 5.69 Å². The lowest BCUT2D eigenvalue weighted by atomic mass is 10.0. The van der Waals surface area contributed by atoms with Crippen LogP contribution in [0.4, 0.5) is 5.69 Å². The fraction of sp³-hybridized carbons (Fsp3) is 0.542. The third kappa shape index (κ3) is 6.09. The molecule has 30 heavy (non-hydrogen) atoms. The van der Waals surface area contributed by atoms with E-state index in [-0.39, 0.29) is 5.91 Å². The lowest BCUT2D eigenvalue weighted by Crippen LogP contribution is -2.46. The van der Waals surface area contributed by atoms with Crippen LogP contribution >= 0.6 is 0 Å². The summed E-state index contributed by atoms with van der Waals surface area (Å²) in [5, 5.41) is 3.06. The lowest BCUT2D eigenvalue weighted by Gasteiger charge is -2.36. The summed E-state index contributed by atoms with van der Waals surface area (Å²) in [5.41, 5.74) is 1.98. The van der Waals surface area contributed by atoms with Gasteiger partial charge in [0.1, 0.15) is 5.75 Å². The second-order valence-corrected chi connectivity index (χ2v) is 8.25. The number of nitrogens with one attached hydrogen (secondary N) is 1. The number of piperazine rings is 1. The average molecular weight is 413 g/mol. The standard InChI is InChI=1S/C24H36N4O2/c1-26(2)21-12-10-20(11-13-21)24(29)25-14-6-7-15-27-16-18-28(19-17-27)22-8-4-5-9-23(22)30-3/h4-5,8-12,21H,6-7,13-19H2,1-3H3,(H,25,29). The van der Waals surface area contributed by atoms with E-state index in [1.54, 1.807) is 7.11 Å². The minimum Gasteiger partial charge on any atom is -0.495 e. The Morgan fingerprint density at radius 3 is 2.60 bits per heavy atom. The van der Waals surface area contributed by atoms with E-state index in [9.17, 15) is 4.79 Å². The summed E-state index contributed by atoms with van der Waals surface area (Å²) in [6.07, 6.45) is 9.11. The van der Waals surface area contributed by atoms with Gasteiger partial charge < -0.3 is 19.9 Å². The smallest absolute Gasteiger partial charge is 0.250 e. The van der Waals surface area contributed by atoms with E-state index in [4.69, 9.17) is 4.74 Å². The van der Waals surface area contributed by atoms with Crippen molar-refractivity contribution >= 4 is 11.6 Å². The van der Waals surface area contributed by atoms with E-state index in [0.717, 1.165) is 69.9 Å². The summed E-state index contributed by atoms with van der Waals surface area (Å²) in [6.45, 7) is 5.99. The molecule has 1 atom stereocenters. The van der Waals surface area contributed by atoms with Crippen molar-refractivity contribution in [3.05, 3.63) is 48.1 Å². The molecule has 1 aliphatic heterocycles. The molecule has 0 saturated carbocycles. The summed E-state index contributed by atoms with van der Waals surface area (Å²) in [5.74, 6) is 0.996. The Morgan fingerprint density at radius 2 is 1.93 bits per heavy atom. The molecule has 1 amide bonds. The van der Waals surface area contributed by atoms with Gasteiger partial charge in [-0.25, -0.2) is 0 Å². The highest BCUT2D eigenvalue weighted by Gasteiger charge is 2.19. The molecule has 0 spiro atoms. The zero-order chi connectivity index (χ0) is 21.3. The topological polar surface area (TPSA) is 48.1 Å². The van der Waals surface area contributed by atoms with Crippen molar-refractivity contribution in [1.29, 1.82) is 0 Å². The van der Waals surface area contributed by atoms with Crippen LogP contribution in [-0.4, -0.2) is 82.2 Å². The summed E-state index contributed by atoms with van der Waals surface area (Å²) in [6, 6.07) is 8.63. The second kappa shape index (κ2) is 11.2. The number of hydrogen-bond donors (Lipinski definition) is 1. The van der Waals surface area contributed by atoms with Crippen LogP contribution in [0.25, 0.3) is 0 Å². The van der Waals surface area contributed by atoms with Crippen LogP contribution in [0.2, 0.25) is 0 Å². The molecule has 0 aromatic heterocycles. The molecular weight excluding hydrogens is 376 g/mol. The molecule has 6 nitrogen and oxygen atoms in total. The third-order valence-corrected chi connectivity index (χ3v) is 5.99. The van der Waals surface area contributed by atoms with Crippen LogP contribution < -0.4 is 15.0 Å². The van der Waals surface area contributed by atoms with E-state index in [0.29, 0.717) is 6.04 Å². The number of para-hydroxylation sites is 2. The molecule has 164 valence electrons. The van der Waals surface area contributed by atoms with Crippen LogP contribution in [0.1, 0.15) is 19.3 Å². The van der Waals surface area contributed by atoms with Gasteiger partial charge in [-0.15, -0.1) is 0 Å². The van der Waals surface area contributed by atoms with Crippen molar-refractivity contribution < 1.29 is 9.53 Å². The second-order valence-electron chi connectivity index (χ2n) is 8.25. The molecule has 3 rings (SSSR count). The summed E-state index contributed by atoms with van der Waals surface area (Å²) >= 11 is 0. The molecule has 1 saturated heterocycles. The number of anilines is 1. The van der Waals surface area contributed by atoms with E-state index in [1.807, 2.05) is 24.3 Å². The number of benzene rings is 1. The SMILES string of the molecule is COc1ccccc1N1CCN(CCCCNC(=O)C2=CCC(N(C)C)C=C2)CC1. The first-order valence-electron chi connectivity index (χ1n) is 11.0. The fourth-order valence-corrected chi connectivity index (χ4v) is 4.03. The van der Waals surface area contributed by atoms with Crippen LogP contribution in [0.15, 0.2) is 48.1 Å². The third-order valence-electron chi connectivity index (χ3n) is 5.99. The Balaban J connectivity index is 1.30. The average Bonchev–Trinajstić information content (AvgIpc) is 2.79. The van der Waals surface area contributed by atoms with Crippen molar-refractivity contribution in [2.45, 2.75) is 25.3 Å². The van der Waals surface area contributed by atoms with Gasteiger partial charge >= 0.3 is 0 Å². The number of hydrogen-bond acceptors (Lipinski definition) is 5. The number of carbonyl (C=O) groups is 1. The summed E-state index contributed by atoms with van der Waals surface area (Å²) in [4.78, 5) is 19.4.